The number of carbonyl (C=O) groups is 2. The monoisotopic (exact) mass is 436 g/mol. The molecule has 0 radical (unpaired) electrons. The van der Waals surface area contributed by atoms with Gasteiger partial charge in [0.05, 0.1) is 0 Å². The normalized spacial score (nSPS) is 21.8. The van der Waals surface area contributed by atoms with E-state index in [0.717, 1.165) is 36.1 Å². The predicted molar refractivity (Wildman–Crippen MR) is 125 cm³/mol. The number of piperidine rings is 1. The summed E-state index contributed by atoms with van der Waals surface area (Å²) in [6.45, 7) is 6.45. The number of halogens is 1. The number of aryl methyl sites for hydroxylation is 2. The van der Waals surface area contributed by atoms with Gasteiger partial charge in [-0.05, 0) is 80.3 Å². The van der Waals surface area contributed by atoms with Crippen molar-refractivity contribution in [3.8, 4) is 0 Å². The van der Waals surface area contributed by atoms with Crippen LogP contribution in [0.5, 0.6) is 0 Å². The first-order valence-electron chi connectivity index (χ1n) is 11.8. The zero-order valence-electron chi connectivity index (χ0n) is 19.3. The largest absolute Gasteiger partial charge is 0.349 e. The number of benzene rings is 2. The fourth-order valence-corrected chi connectivity index (χ4v) is 5.47. The maximum absolute atomic E-state index is 14.2. The van der Waals surface area contributed by atoms with Crippen molar-refractivity contribution in [1.82, 2.24) is 5.32 Å². The van der Waals surface area contributed by atoms with Crippen molar-refractivity contribution in [3.05, 3.63) is 64.5 Å². The predicted octanol–water partition coefficient (Wildman–Crippen LogP) is 5.35. The van der Waals surface area contributed by atoms with Gasteiger partial charge >= 0.3 is 0 Å². The first-order chi connectivity index (χ1) is 15.3. The molecule has 1 aliphatic carbocycles. The lowest BCUT2D eigenvalue weighted by Gasteiger charge is -2.38. The lowest BCUT2D eigenvalue weighted by molar-refractivity contribution is -0.124. The second-order valence-electron chi connectivity index (χ2n) is 9.66. The van der Waals surface area contributed by atoms with Crippen molar-refractivity contribution in [2.45, 2.75) is 65.3 Å². The van der Waals surface area contributed by atoms with E-state index in [-0.39, 0.29) is 35.5 Å². The summed E-state index contributed by atoms with van der Waals surface area (Å²) in [5.74, 6) is -0.0587. The van der Waals surface area contributed by atoms with Crippen LogP contribution in [0.15, 0.2) is 36.4 Å². The Morgan fingerprint density at radius 3 is 2.44 bits per heavy atom. The summed E-state index contributed by atoms with van der Waals surface area (Å²) in [5.41, 5.74) is 4.09. The van der Waals surface area contributed by atoms with Gasteiger partial charge in [-0.15, -0.1) is 0 Å². The van der Waals surface area contributed by atoms with Gasteiger partial charge in [0.2, 0.25) is 5.91 Å². The van der Waals surface area contributed by atoms with E-state index in [0.29, 0.717) is 24.1 Å². The van der Waals surface area contributed by atoms with Crippen molar-refractivity contribution in [2.24, 2.45) is 11.8 Å². The summed E-state index contributed by atoms with van der Waals surface area (Å²) in [6.07, 6.45) is 5.80. The molecule has 4 rings (SSSR count). The zero-order valence-corrected chi connectivity index (χ0v) is 19.3. The second-order valence-corrected chi connectivity index (χ2v) is 9.66. The number of nitrogens with one attached hydrogen (secondary N) is 1. The molecule has 2 fully saturated rings. The molecule has 0 bridgehead atoms. The first kappa shape index (κ1) is 22.5. The minimum absolute atomic E-state index is 0.0366. The Balaban J connectivity index is 1.55. The van der Waals surface area contributed by atoms with Gasteiger partial charge < -0.3 is 10.2 Å². The van der Waals surface area contributed by atoms with Gasteiger partial charge in [-0.1, -0.05) is 38.0 Å². The number of anilines is 1. The first-order valence-corrected chi connectivity index (χ1v) is 11.8. The Bertz CT molecular complexity index is 989. The van der Waals surface area contributed by atoms with E-state index in [9.17, 15) is 14.0 Å². The van der Waals surface area contributed by atoms with Gasteiger partial charge in [0.1, 0.15) is 5.82 Å². The van der Waals surface area contributed by atoms with Crippen molar-refractivity contribution in [3.63, 3.8) is 0 Å². The molecular formula is C27H33FN2O2. The highest BCUT2D eigenvalue weighted by Crippen LogP contribution is 2.34. The lowest BCUT2D eigenvalue weighted by atomic mass is 9.84. The summed E-state index contributed by atoms with van der Waals surface area (Å²) >= 11 is 0. The molecule has 1 aliphatic heterocycles. The van der Waals surface area contributed by atoms with Crippen LogP contribution in [0.2, 0.25) is 0 Å². The number of amides is 2. The van der Waals surface area contributed by atoms with Crippen molar-refractivity contribution < 1.29 is 14.0 Å². The van der Waals surface area contributed by atoms with Crippen molar-refractivity contribution in [2.75, 3.05) is 11.4 Å². The Labute approximate surface area is 190 Å². The minimum atomic E-state index is -0.186. The topological polar surface area (TPSA) is 49.4 Å². The molecule has 2 aliphatic rings. The number of rotatable bonds is 5. The van der Waals surface area contributed by atoms with Crippen LogP contribution in [0.4, 0.5) is 10.1 Å². The summed E-state index contributed by atoms with van der Waals surface area (Å²) in [5, 5.41) is 3.15. The van der Waals surface area contributed by atoms with Gasteiger partial charge in [0, 0.05) is 29.8 Å². The third-order valence-corrected chi connectivity index (χ3v) is 7.00. The average Bonchev–Trinajstić information content (AvgIpc) is 3.25. The standard InChI is InChI=1S/C27H33FN2O2/c1-17-13-22(26(31)29-23-9-5-6-10-23)14-18(2)25(17)30-16-20(12-19(3)27(30)32)15-21-8-4-7-11-24(21)28/h4,7-8,11,13-14,19-20,23H,5-6,9-10,12,15-16H2,1-3H3,(H,29,31)/t19-,20-/m1/s1. The molecular weight excluding hydrogens is 403 g/mol. The maximum Gasteiger partial charge on any atom is 0.251 e. The molecule has 1 heterocycles. The SMILES string of the molecule is Cc1cc(C(=O)NC2CCCC2)cc(C)c1N1C[C@@H](Cc2ccccc2F)C[C@@H](C)C1=O. The van der Waals surface area contributed by atoms with E-state index in [1.807, 2.05) is 49.9 Å². The highest BCUT2D eigenvalue weighted by atomic mass is 19.1. The molecule has 0 aromatic heterocycles. The van der Waals surface area contributed by atoms with Crippen molar-refractivity contribution in [1.29, 1.82) is 0 Å². The lowest BCUT2D eigenvalue weighted by Crippen LogP contribution is -2.46. The molecule has 0 spiro atoms. The van der Waals surface area contributed by atoms with E-state index in [1.54, 1.807) is 6.07 Å². The molecule has 5 heteroatoms. The third kappa shape index (κ3) is 4.72. The zero-order chi connectivity index (χ0) is 22.8. The quantitative estimate of drug-likeness (QED) is 0.687. The molecule has 1 N–H and O–H groups in total. The Morgan fingerprint density at radius 1 is 1.12 bits per heavy atom. The highest BCUT2D eigenvalue weighted by molar-refractivity contribution is 5.99. The molecule has 32 heavy (non-hydrogen) atoms. The molecule has 0 unspecified atom stereocenters. The van der Waals surface area contributed by atoms with E-state index >= 15 is 0 Å². The van der Waals surface area contributed by atoms with Crippen LogP contribution in [0.3, 0.4) is 0 Å². The van der Waals surface area contributed by atoms with Crippen LogP contribution >= 0.6 is 0 Å². The Hall–Kier alpha value is -2.69. The summed E-state index contributed by atoms with van der Waals surface area (Å²) < 4.78 is 14.2. The fraction of sp³-hybridized carbons (Fsp3) is 0.481. The minimum Gasteiger partial charge on any atom is -0.349 e. The second kappa shape index (κ2) is 9.43. The molecule has 2 atom stereocenters. The van der Waals surface area contributed by atoms with Crippen LogP contribution in [0.25, 0.3) is 0 Å². The van der Waals surface area contributed by atoms with Gasteiger partial charge in [0.25, 0.3) is 5.91 Å². The summed E-state index contributed by atoms with van der Waals surface area (Å²) in [4.78, 5) is 27.7. The number of carbonyl (C=O) groups excluding carboxylic acids is 2. The van der Waals surface area contributed by atoms with Crippen LogP contribution in [-0.4, -0.2) is 24.4 Å². The van der Waals surface area contributed by atoms with E-state index in [4.69, 9.17) is 0 Å². The van der Waals surface area contributed by atoms with Crippen LogP contribution in [0.1, 0.15) is 66.1 Å². The number of hydrogen-bond donors (Lipinski definition) is 1. The smallest absolute Gasteiger partial charge is 0.251 e. The van der Waals surface area contributed by atoms with Crippen LogP contribution < -0.4 is 10.2 Å². The molecule has 170 valence electrons. The molecule has 4 nitrogen and oxygen atoms in total. The van der Waals surface area contributed by atoms with Crippen LogP contribution in [0, 0.1) is 31.5 Å². The van der Waals surface area contributed by atoms with Crippen LogP contribution in [-0.2, 0) is 11.2 Å². The summed E-state index contributed by atoms with van der Waals surface area (Å²) in [6, 6.07) is 10.9. The highest BCUT2D eigenvalue weighted by Gasteiger charge is 2.34. The van der Waals surface area contributed by atoms with Gasteiger partial charge in [0.15, 0.2) is 0 Å². The number of hydrogen-bond acceptors (Lipinski definition) is 2. The molecule has 2 aromatic carbocycles. The van der Waals surface area contributed by atoms with Gasteiger partial charge in [-0.25, -0.2) is 4.39 Å². The molecule has 1 saturated heterocycles. The van der Waals surface area contributed by atoms with E-state index in [1.165, 1.54) is 18.9 Å². The Kier molecular flexibility index (Phi) is 6.63. The average molecular weight is 437 g/mol. The van der Waals surface area contributed by atoms with E-state index in [2.05, 4.69) is 5.32 Å². The van der Waals surface area contributed by atoms with Crippen molar-refractivity contribution >= 4 is 17.5 Å². The van der Waals surface area contributed by atoms with E-state index < -0.39 is 0 Å². The van der Waals surface area contributed by atoms with Gasteiger partial charge in [-0.3, -0.25) is 9.59 Å². The maximum atomic E-state index is 14.2. The molecule has 2 amide bonds. The molecule has 1 saturated carbocycles. The van der Waals surface area contributed by atoms with Gasteiger partial charge in [-0.2, -0.15) is 0 Å². The molecule has 2 aromatic rings. The fourth-order valence-electron chi connectivity index (χ4n) is 5.47. The summed E-state index contributed by atoms with van der Waals surface area (Å²) in [7, 11) is 0. The Morgan fingerprint density at radius 2 is 1.78 bits per heavy atom. The third-order valence-electron chi connectivity index (χ3n) is 7.00. The number of nitrogens with zero attached hydrogens (tertiary/aromatic N) is 1.